The molecule has 1 fully saturated rings. The molecule has 4 nitrogen and oxygen atoms in total. The largest absolute Gasteiger partial charge is 0.481 e. The Morgan fingerprint density at radius 2 is 1.89 bits per heavy atom. The molecule has 0 bridgehead atoms. The number of carbonyl (C=O) groups is 1. The zero-order chi connectivity index (χ0) is 13.4. The first kappa shape index (κ1) is 13.5. The molecule has 1 heterocycles. The van der Waals surface area contributed by atoms with Crippen LogP contribution in [0.15, 0.2) is 28.7 Å². The summed E-state index contributed by atoms with van der Waals surface area (Å²) in [5.74, 6) is -1.08. The molecule has 6 heteroatoms. The van der Waals surface area contributed by atoms with E-state index >= 15 is 0 Å². The van der Waals surface area contributed by atoms with Crippen molar-refractivity contribution < 1.29 is 18.3 Å². The van der Waals surface area contributed by atoms with Crippen molar-refractivity contribution in [3.63, 3.8) is 0 Å². The zero-order valence-electron chi connectivity index (χ0n) is 9.60. The van der Waals surface area contributed by atoms with Gasteiger partial charge in [-0.1, -0.05) is 28.1 Å². The van der Waals surface area contributed by atoms with Crippen molar-refractivity contribution in [2.24, 2.45) is 0 Å². The predicted octanol–water partition coefficient (Wildman–Crippen LogP) is 1.98. The summed E-state index contributed by atoms with van der Waals surface area (Å²) in [5, 5.41) is 9.49. The van der Waals surface area contributed by atoms with Crippen LogP contribution in [0.1, 0.15) is 18.4 Å². The van der Waals surface area contributed by atoms with E-state index in [0.29, 0.717) is 5.56 Å². The van der Waals surface area contributed by atoms with Gasteiger partial charge in [0.25, 0.3) is 0 Å². The molecule has 0 aliphatic carbocycles. The van der Waals surface area contributed by atoms with Gasteiger partial charge in [0.05, 0.1) is 16.9 Å². The Hall–Kier alpha value is -0.880. The Balaban J connectivity index is 2.44. The first-order valence-corrected chi connectivity index (χ1v) is 8.17. The Labute approximate surface area is 114 Å². The Morgan fingerprint density at radius 1 is 1.28 bits per heavy atom. The second kappa shape index (κ2) is 4.66. The van der Waals surface area contributed by atoms with Crippen LogP contribution in [0.5, 0.6) is 0 Å². The van der Waals surface area contributed by atoms with Gasteiger partial charge in [-0.3, -0.25) is 4.79 Å². The molecule has 98 valence electrons. The average molecular weight is 333 g/mol. The molecule has 0 amide bonds. The summed E-state index contributed by atoms with van der Waals surface area (Å²) in [6.45, 7) is 0. The van der Waals surface area contributed by atoms with Gasteiger partial charge in [0.15, 0.2) is 0 Å². The highest BCUT2D eigenvalue weighted by molar-refractivity contribution is 9.10. The highest BCUT2D eigenvalue weighted by Gasteiger charge is 2.45. The molecule has 0 aromatic heterocycles. The monoisotopic (exact) mass is 332 g/mol. The highest BCUT2D eigenvalue weighted by Crippen LogP contribution is 2.37. The van der Waals surface area contributed by atoms with E-state index in [1.54, 1.807) is 18.2 Å². The van der Waals surface area contributed by atoms with E-state index in [1.165, 1.54) is 0 Å². The molecule has 1 N–H and O–H groups in total. The topological polar surface area (TPSA) is 71.4 Å². The first-order chi connectivity index (χ1) is 8.36. The van der Waals surface area contributed by atoms with E-state index in [2.05, 4.69) is 15.9 Å². The number of rotatable bonds is 2. The van der Waals surface area contributed by atoms with Gasteiger partial charge in [0.2, 0.25) is 0 Å². The van der Waals surface area contributed by atoms with E-state index in [4.69, 9.17) is 0 Å². The summed E-state index contributed by atoms with van der Waals surface area (Å²) < 4.78 is 23.7. The number of halogens is 1. The maximum absolute atomic E-state index is 11.6. The summed E-state index contributed by atoms with van der Waals surface area (Å²) >= 11 is 3.31. The van der Waals surface area contributed by atoms with Crippen LogP contribution in [0, 0.1) is 0 Å². The number of benzene rings is 1. The van der Waals surface area contributed by atoms with Crippen LogP contribution in [0.2, 0.25) is 0 Å². The minimum absolute atomic E-state index is 0.0637. The van der Waals surface area contributed by atoms with E-state index in [1.807, 2.05) is 6.07 Å². The number of carboxylic acids is 1. The standard InChI is InChI=1S/C12H13BrO4S/c13-10-3-1-2-9(8-10)12(11(14)15)4-6-18(16,17)7-5-12/h1-3,8H,4-7H2,(H,14,15). The van der Waals surface area contributed by atoms with Crippen molar-refractivity contribution in [3.05, 3.63) is 34.3 Å². The summed E-state index contributed by atoms with van der Waals surface area (Å²) in [5.41, 5.74) is -0.408. The van der Waals surface area contributed by atoms with E-state index in [0.717, 1.165) is 4.47 Å². The fourth-order valence-electron chi connectivity index (χ4n) is 2.30. The van der Waals surface area contributed by atoms with Crippen molar-refractivity contribution in [1.82, 2.24) is 0 Å². The fourth-order valence-corrected chi connectivity index (χ4v) is 4.22. The van der Waals surface area contributed by atoms with Crippen LogP contribution < -0.4 is 0 Å². The van der Waals surface area contributed by atoms with Crippen molar-refractivity contribution in [3.8, 4) is 0 Å². The Morgan fingerprint density at radius 3 is 2.39 bits per heavy atom. The molecule has 0 spiro atoms. The molecule has 1 aromatic carbocycles. The molecular weight excluding hydrogens is 320 g/mol. The molecule has 18 heavy (non-hydrogen) atoms. The molecule has 0 unspecified atom stereocenters. The van der Waals surface area contributed by atoms with E-state index in [-0.39, 0.29) is 24.3 Å². The van der Waals surface area contributed by atoms with Gasteiger partial charge in [0.1, 0.15) is 9.84 Å². The number of hydrogen-bond donors (Lipinski definition) is 1. The van der Waals surface area contributed by atoms with Crippen LogP contribution in [0.25, 0.3) is 0 Å². The third kappa shape index (κ3) is 2.44. The normalized spacial score (nSPS) is 21.4. The maximum atomic E-state index is 11.6. The summed E-state index contributed by atoms with van der Waals surface area (Å²) in [6.07, 6.45) is 0.280. The lowest BCUT2D eigenvalue weighted by molar-refractivity contribution is -0.144. The van der Waals surface area contributed by atoms with Gasteiger partial charge in [-0.2, -0.15) is 0 Å². The van der Waals surface area contributed by atoms with Gasteiger partial charge in [-0.25, -0.2) is 8.42 Å². The van der Waals surface area contributed by atoms with E-state index in [9.17, 15) is 18.3 Å². The van der Waals surface area contributed by atoms with Gasteiger partial charge in [-0.05, 0) is 30.5 Å². The molecule has 1 aromatic rings. The van der Waals surface area contributed by atoms with Gasteiger partial charge < -0.3 is 5.11 Å². The van der Waals surface area contributed by atoms with Crippen molar-refractivity contribution >= 4 is 31.7 Å². The van der Waals surface area contributed by atoms with Crippen molar-refractivity contribution in [1.29, 1.82) is 0 Å². The lowest BCUT2D eigenvalue weighted by Crippen LogP contribution is -2.43. The first-order valence-electron chi connectivity index (χ1n) is 5.56. The Bertz CT molecular complexity index is 565. The minimum atomic E-state index is -3.08. The molecule has 1 aliphatic heterocycles. The van der Waals surface area contributed by atoms with Gasteiger partial charge in [-0.15, -0.1) is 0 Å². The highest BCUT2D eigenvalue weighted by atomic mass is 79.9. The SMILES string of the molecule is O=C(O)C1(c2cccc(Br)c2)CCS(=O)(=O)CC1. The third-order valence-electron chi connectivity index (χ3n) is 3.47. The lowest BCUT2D eigenvalue weighted by Gasteiger charge is -2.33. The van der Waals surface area contributed by atoms with Crippen LogP contribution in [-0.2, 0) is 20.0 Å². The molecule has 0 atom stereocenters. The lowest BCUT2D eigenvalue weighted by atomic mass is 9.75. The van der Waals surface area contributed by atoms with Crippen LogP contribution in [0.3, 0.4) is 0 Å². The predicted molar refractivity (Wildman–Crippen MR) is 71.3 cm³/mol. The summed E-state index contributed by atoms with van der Waals surface area (Å²) in [7, 11) is -3.08. The van der Waals surface area contributed by atoms with Crippen LogP contribution in [-0.4, -0.2) is 31.0 Å². The minimum Gasteiger partial charge on any atom is -0.481 e. The molecule has 0 saturated carbocycles. The van der Waals surface area contributed by atoms with Crippen LogP contribution in [0.4, 0.5) is 0 Å². The van der Waals surface area contributed by atoms with Crippen molar-refractivity contribution in [2.75, 3.05) is 11.5 Å². The zero-order valence-corrected chi connectivity index (χ0v) is 12.0. The molecule has 0 radical (unpaired) electrons. The average Bonchev–Trinajstić information content (AvgIpc) is 2.29. The van der Waals surface area contributed by atoms with Gasteiger partial charge in [0, 0.05) is 4.47 Å². The molecule has 2 rings (SSSR count). The third-order valence-corrected chi connectivity index (χ3v) is 5.61. The molecule has 1 aliphatic rings. The number of carboxylic acid groups (broad SMARTS) is 1. The van der Waals surface area contributed by atoms with Crippen LogP contribution >= 0.6 is 15.9 Å². The summed E-state index contributed by atoms with van der Waals surface area (Å²) in [4.78, 5) is 11.6. The number of sulfone groups is 1. The second-order valence-electron chi connectivity index (χ2n) is 4.55. The fraction of sp³-hybridized carbons (Fsp3) is 0.417. The second-order valence-corrected chi connectivity index (χ2v) is 7.77. The molecule has 1 saturated heterocycles. The smallest absolute Gasteiger partial charge is 0.314 e. The molecular formula is C12H13BrO4S. The number of hydrogen-bond acceptors (Lipinski definition) is 3. The number of aliphatic carboxylic acids is 1. The van der Waals surface area contributed by atoms with Crippen molar-refractivity contribution in [2.45, 2.75) is 18.3 Å². The Kier molecular flexibility index (Phi) is 3.51. The van der Waals surface area contributed by atoms with Gasteiger partial charge >= 0.3 is 5.97 Å². The quantitative estimate of drug-likeness (QED) is 0.898. The van der Waals surface area contributed by atoms with E-state index < -0.39 is 21.2 Å². The maximum Gasteiger partial charge on any atom is 0.314 e. The summed E-state index contributed by atoms with van der Waals surface area (Å²) in [6, 6.07) is 7.09.